The summed E-state index contributed by atoms with van der Waals surface area (Å²) in [6, 6.07) is 12.1. The molecular weight excluding hydrogens is 330 g/mol. The normalized spacial score (nSPS) is 16.2. The van der Waals surface area contributed by atoms with E-state index in [2.05, 4.69) is 28.5 Å². The fourth-order valence-corrected chi connectivity index (χ4v) is 2.89. The number of ether oxygens (including phenoxy) is 3. The predicted molar refractivity (Wildman–Crippen MR) is 97.9 cm³/mol. The number of aromatic nitrogens is 1. The molecule has 26 heavy (non-hydrogen) atoms. The maximum atomic E-state index is 9.21. The molecular formula is C20H23N3O3. The molecule has 0 aliphatic carbocycles. The molecule has 136 valence electrons. The SMILES string of the molecule is COc1cc(NCc2cccc(COCC3CCCO3)c2)c(C#N)cn1. The third kappa shape index (κ3) is 4.94. The van der Waals surface area contributed by atoms with Crippen molar-refractivity contribution in [1.29, 1.82) is 5.26 Å². The second kappa shape index (κ2) is 9.18. The van der Waals surface area contributed by atoms with E-state index in [0.717, 1.165) is 30.6 Å². The van der Waals surface area contributed by atoms with E-state index in [1.165, 1.54) is 6.20 Å². The molecule has 6 nitrogen and oxygen atoms in total. The fraction of sp³-hybridized carbons (Fsp3) is 0.400. The number of benzene rings is 1. The Labute approximate surface area is 153 Å². The van der Waals surface area contributed by atoms with Gasteiger partial charge in [0.1, 0.15) is 6.07 Å². The average Bonchev–Trinajstić information content (AvgIpc) is 3.20. The first kappa shape index (κ1) is 18.2. The second-order valence-electron chi connectivity index (χ2n) is 6.21. The largest absolute Gasteiger partial charge is 0.481 e. The van der Waals surface area contributed by atoms with Crippen LogP contribution in [-0.2, 0) is 22.6 Å². The Morgan fingerprint density at radius 2 is 2.23 bits per heavy atom. The molecule has 2 heterocycles. The topological polar surface area (TPSA) is 76.4 Å². The minimum absolute atomic E-state index is 0.242. The van der Waals surface area contributed by atoms with Crippen molar-refractivity contribution < 1.29 is 14.2 Å². The van der Waals surface area contributed by atoms with Crippen molar-refractivity contribution >= 4 is 5.69 Å². The van der Waals surface area contributed by atoms with Crippen molar-refractivity contribution in [3.63, 3.8) is 0 Å². The van der Waals surface area contributed by atoms with Gasteiger partial charge in [-0.15, -0.1) is 0 Å². The lowest BCUT2D eigenvalue weighted by atomic mass is 10.1. The van der Waals surface area contributed by atoms with E-state index in [1.54, 1.807) is 13.2 Å². The Bertz CT molecular complexity index is 767. The van der Waals surface area contributed by atoms with Crippen LogP contribution in [0.4, 0.5) is 5.69 Å². The van der Waals surface area contributed by atoms with Crippen LogP contribution in [0.2, 0.25) is 0 Å². The van der Waals surface area contributed by atoms with Crippen molar-refractivity contribution in [3.05, 3.63) is 53.2 Å². The van der Waals surface area contributed by atoms with Crippen molar-refractivity contribution in [3.8, 4) is 11.9 Å². The highest BCUT2D eigenvalue weighted by atomic mass is 16.5. The Balaban J connectivity index is 1.56. The van der Waals surface area contributed by atoms with Gasteiger partial charge in [-0.1, -0.05) is 24.3 Å². The number of pyridine rings is 1. The van der Waals surface area contributed by atoms with Gasteiger partial charge in [0, 0.05) is 19.2 Å². The monoisotopic (exact) mass is 353 g/mol. The number of methoxy groups -OCH3 is 1. The molecule has 0 saturated carbocycles. The minimum Gasteiger partial charge on any atom is -0.481 e. The molecule has 1 saturated heterocycles. The number of hydrogen-bond acceptors (Lipinski definition) is 6. The van der Waals surface area contributed by atoms with Gasteiger partial charge in [-0.3, -0.25) is 0 Å². The van der Waals surface area contributed by atoms with E-state index >= 15 is 0 Å². The minimum atomic E-state index is 0.242. The average molecular weight is 353 g/mol. The van der Waals surface area contributed by atoms with Gasteiger partial charge in [0.15, 0.2) is 0 Å². The Morgan fingerprint density at radius 1 is 1.35 bits per heavy atom. The van der Waals surface area contributed by atoms with Gasteiger partial charge in [-0.25, -0.2) is 4.98 Å². The molecule has 1 N–H and O–H groups in total. The van der Waals surface area contributed by atoms with Crippen LogP contribution in [0, 0.1) is 11.3 Å². The Morgan fingerprint density at radius 3 is 3.00 bits per heavy atom. The highest BCUT2D eigenvalue weighted by Gasteiger charge is 2.15. The lowest BCUT2D eigenvalue weighted by Gasteiger charge is -2.12. The van der Waals surface area contributed by atoms with E-state index in [1.807, 2.05) is 12.1 Å². The molecule has 1 aromatic heterocycles. The standard InChI is InChI=1S/C20H23N3O3/c1-24-20-9-19(17(10-21)12-23-20)22-11-15-4-2-5-16(8-15)13-25-14-18-6-3-7-26-18/h2,4-5,8-9,12,18H,3,6-7,11,13-14H2,1H3,(H,22,23). The zero-order chi connectivity index (χ0) is 18.2. The van der Waals surface area contributed by atoms with E-state index < -0.39 is 0 Å². The summed E-state index contributed by atoms with van der Waals surface area (Å²) >= 11 is 0. The number of rotatable bonds is 8. The molecule has 2 aromatic rings. The highest BCUT2D eigenvalue weighted by Crippen LogP contribution is 2.20. The molecule has 1 atom stereocenters. The first-order chi connectivity index (χ1) is 12.8. The molecule has 1 unspecified atom stereocenters. The zero-order valence-electron chi connectivity index (χ0n) is 14.9. The van der Waals surface area contributed by atoms with Crippen LogP contribution in [-0.4, -0.2) is 31.4 Å². The van der Waals surface area contributed by atoms with Crippen molar-refractivity contribution in [1.82, 2.24) is 4.98 Å². The van der Waals surface area contributed by atoms with Gasteiger partial charge in [0.05, 0.1) is 43.9 Å². The van der Waals surface area contributed by atoms with Crippen molar-refractivity contribution in [2.75, 3.05) is 25.6 Å². The number of anilines is 1. The molecule has 0 bridgehead atoms. The van der Waals surface area contributed by atoms with Crippen LogP contribution in [0.3, 0.4) is 0 Å². The van der Waals surface area contributed by atoms with Crippen molar-refractivity contribution in [2.45, 2.75) is 32.1 Å². The maximum absolute atomic E-state index is 9.21. The van der Waals surface area contributed by atoms with Crippen LogP contribution < -0.4 is 10.1 Å². The Kier molecular flexibility index (Phi) is 6.42. The van der Waals surface area contributed by atoms with Crippen LogP contribution in [0.15, 0.2) is 36.5 Å². The summed E-state index contributed by atoms with van der Waals surface area (Å²) in [6.45, 7) is 2.66. The third-order valence-electron chi connectivity index (χ3n) is 4.28. The van der Waals surface area contributed by atoms with Gasteiger partial charge < -0.3 is 19.5 Å². The first-order valence-electron chi connectivity index (χ1n) is 8.73. The van der Waals surface area contributed by atoms with Crippen LogP contribution in [0.25, 0.3) is 0 Å². The van der Waals surface area contributed by atoms with Crippen LogP contribution in [0.1, 0.15) is 29.5 Å². The molecule has 1 aliphatic rings. The van der Waals surface area contributed by atoms with Crippen LogP contribution in [0.5, 0.6) is 5.88 Å². The molecule has 3 rings (SSSR count). The molecule has 6 heteroatoms. The summed E-state index contributed by atoms with van der Waals surface area (Å²) in [5.74, 6) is 0.475. The molecule has 0 spiro atoms. The predicted octanol–water partition coefficient (Wildman–Crippen LogP) is 3.27. The first-order valence-corrected chi connectivity index (χ1v) is 8.73. The summed E-state index contributed by atoms with van der Waals surface area (Å²) in [6.07, 6.45) is 3.96. The van der Waals surface area contributed by atoms with Gasteiger partial charge in [-0.2, -0.15) is 5.26 Å². The summed E-state index contributed by atoms with van der Waals surface area (Å²) in [7, 11) is 1.55. The highest BCUT2D eigenvalue weighted by molar-refractivity contribution is 5.58. The molecule has 1 fully saturated rings. The van der Waals surface area contributed by atoms with Gasteiger partial charge in [0.2, 0.25) is 5.88 Å². The van der Waals surface area contributed by atoms with Crippen LogP contribution >= 0.6 is 0 Å². The van der Waals surface area contributed by atoms with Gasteiger partial charge in [0.25, 0.3) is 0 Å². The molecule has 1 aliphatic heterocycles. The number of nitrogens with zero attached hydrogens (tertiary/aromatic N) is 2. The summed E-state index contributed by atoms with van der Waals surface area (Å²) in [5.41, 5.74) is 3.43. The number of nitrogens with one attached hydrogen (secondary N) is 1. The fourth-order valence-electron chi connectivity index (χ4n) is 2.89. The van der Waals surface area contributed by atoms with Gasteiger partial charge in [-0.05, 0) is 24.0 Å². The second-order valence-corrected chi connectivity index (χ2v) is 6.21. The summed E-state index contributed by atoms with van der Waals surface area (Å²) in [5, 5.41) is 12.5. The summed E-state index contributed by atoms with van der Waals surface area (Å²) in [4.78, 5) is 4.05. The Hall–Kier alpha value is -2.62. The van der Waals surface area contributed by atoms with E-state index in [9.17, 15) is 5.26 Å². The summed E-state index contributed by atoms with van der Waals surface area (Å²) < 4.78 is 16.5. The number of nitriles is 1. The van der Waals surface area contributed by atoms with E-state index in [0.29, 0.717) is 36.9 Å². The lowest BCUT2D eigenvalue weighted by molar-refractivity contribution is 0.0106. The lowest BCUT2D eigenvalue weighted by Crippen LogP contribution is -2.13. The maximum Gasteiger partial charge on any atom is 0.215 e. The number of hydrogen-bond donors (Lipinski definition) is 1. The third-order valence-corrected chi connectivity index (χ3v) is 4.28. The molecule has 0 radical (unpaired) electrons. The quantitative estimate of drug-likeness (QED) is 0.785. The molecule has 1 aromatic carbocycles. The zero-order valence-corrected chi connectivity index (χ0v) is 14.9. The molecule has 0 amide bonds. The van der Waals surface area contributed by atoms with E-state index in [-0.39, 0.29) is 6.10 Å². The van der Waals surface area contributed by atoms with Crippen molar-refractivity contribution in [2.24, 2.45) is 0 Å². The smallest absolute Gasteiger partial charge is 0.215 e. The van der Waals surface area contributed by atoms with Gasteiger partial charge >= 0.3 is 0 Å². The van der Waals surface area contributed by atoms with E-state index in [4.69, 9.17) is 14.2 Å².